The summed E-state index contributed by atoms with van der Waals surface area (Å²) < 4.78 is 0. The van der Waals surface area contributed by atoms with Gasteiger partial charge in [-0.1, -0.05) is 20.8 Å². The molecule has 0 aliphatic heterocycles. The van der Waals surface area contributed by atoms with Gasteiger partial charge in [-0.3, -0.25) is 9.59 Å². The van der Waals surface area contributed by atoms with Crippen LogP contribution in [0.1, 0.15) is 48.0 Å². The first-order chi connectivity index (χ1) is 6.99. The first-order valence-electron chi connectivity index (χ1n) is 5.57. The fourth-order valence-electron chi connectivity index (χ4n) is 1.19. The first-order valence-corrected chi connectivity index (χ1v) is 5.57. The number of carbonyl (C=O) groups excluding carboxylic acids is 2. The van der Waals surface area contributed by atoms with E-state index in [-0.39, 0.29) is 29.3 Å². The lowest BCUT2D eigenvalue weighted by atomic mass is 9.92. The molecule has 0 unspecified atom stereocenters. The van der Waals surface area contributed by atoms with Crippen LogP contribution in [0, 0.1) is 5.41 Å². The average molecular weight is 228 g/mol. The quantitative estimate of drug-likeness (QED) is 0.768. The summed E-state index contributed by atoms with van der Waals surface area (Å²) in [6, 6.07) is 0. The molecular formula is C12H24N2O2. The lowest BCUT2D eigenvalue weighted by Gasteiger charge is -2.21. The van der Waals surface area contributed by atoms with Gasteiger partial charge < -0.3 is 10.6 Å². The molecule has 4 nitrogen and oxygen atoms in total. The summed E-state index contributed by atoms with van der Waals surface area (Å²) in [5, 5.41) is 5.39. The molecule has 0 spiro atoms. The number of amides is 2. The summed E-state index contributed by atoms with van der Waals surface area (Å²) in [5.41, 5.74) is -0.309. The molecule has 0 heterocycles. The van der Waals surface area contributed by atoms with Crippen molar-refractivity contribution in [3.8, 4) is 0 Å². The molecule has 0 aliphatic rings. The van der Waals surface area contributed by atoms with Crippen LogP contribution in [0.15, 0.2) is 0 Å². The van der Waals surface area contributed by atoms with Crippen molar-refractivity contribution in [2.24, 2.45) is 5.41 Å². The van der Waals surface area contributed by atoms with Crippen molar-refractivity contribution in [3.63, 3.8) is 0 Å². The Kier molecular flexibility index (Phi) is 4.97. The minimum Gasteiger partial charge on any atom is -0.350 e. The molecule has 4 heteroatoms. The van der Waals surface area contributed by atoms with Crippen LogP contribution in [-0.2, 0) is 9.59 Å². The van der Waals surface area contributed by atoms with E-state index < -0.39 is 0 Å². The highest BCUT2D eigenvalue weighted by Gasteiger charge is 2.17. The van der Waals surface area contributed by atoms with E-state index in [9.17, 15) is 9.59 Å². The Balaban J connectivity index is 3.90. The molecule has 0 aromatic heterocycles. The van der Waals surface area contributed by atoms with E-state index in [0.29, 0.717) is 6.42 Å². The van der Waals surface area contributed by atoms with Gasteiger partial charge in [-0.15, -0.1) is 0 Å². The van der Waals surface area contributed by atoms with E-state index >= 15 is 0 Å². The van der Waals surface area contributed by atoms with E-state index in [0.717, 1.165) is 0 Å². The molecule has 2 amide bonds. The minimum absolute atomic E-state index is 0.0478. The van der Waals surface area contributed by atoms with Crippen molar-refractivity contribution in [1.82, 2.24) is 10.6 Å². The molecule has 0 aliphatic carbocycles. The van der Waals surface area contributed by atoms with Gasteiger partial charge in [0.15, 0.2) is 0 Å². The molecule has 0 rings (SSSR count). The lowest BCUT2D eigenvalue weighted by Crippen LogP contribution is -2.46. The third-order valence-electron chi connectivity index (χ3n) is 1.65. The Bertz CT molecular complexity index is 231. The third kappa shape index (κ3) is 9.49. The molecule has 0 radical (unpaired) electrons. The van der Waals surface area contributed by atoms with Gasteiger partial charge in [-0.25, -0.2) is 0 Å². The maximum absolute atomic E-state index is 11.4. The van der Waals surface area contributed by atoms with Crippen LogP contribution in [0.4, 0.5) is 0 Å². The third-order valence-corrected chi connectivity index (χ3v) is 1.65. The number of hydrogen-bond donors (Lipinski definition) is 2. The van der Waals surface area contributed by atoms with Crippen LogP contribution in [0.2, 0.25) is 0 Å². The molecular weight excluding hydrogens is 204 g/mol. The number of carbonyl (C=O) groups is 2. The summed E-state index contributed by atoms with van der Waals surface area (Å²) in [7, 11) is 0. The molecule has 16 heavy (non-hydrogen) atoms. The van der Waals surface area contributed by atoms with Crippen molar-refractivity contribution in [3.05, 3.63) is 0 Å². The normalized spacial score (nSPS) is 12.1. The van der Waals surface area contributed by atoms with Crippen molar-refractivity contribution < 1.29 is 9.59 Å². The second-order valence-electron chi connectivity index (χ2n) is 6.31. The van der Waals surface area contributed by atoms with Gasteiger partial charge in [0.2, 0.25) is 11.8 Å². The molecule has 2 N–H and O–H groups in total. The minimum atomic E-state index is -0.258. The van der Waals surface area contributed by atoms with Crippen LogP contribution in [-0.4, -0.2) is 23.9 Å². The zero-order valence-corrected chi connectivity index (χ0v) is 11.2. The number of hydrogen-bond acceptors (Lipinski definition) is 2. The second-order valence-corrected chi connectivity index (χ2v) is 6.31. The van der Waals surface area contributed by atoms with Gasteiger partial charge in [-0.2, -0.15) is 0 Å². The highest BCUT2D eigenvalue weighted by Crippen LogP contribution is 2.17. The molecule has 0 atom stereocenters. The lowest BCUT2D eigenvalue weighted by molar-refractivity contribution is -0.127. The maximum Gasteiger partial charge on any atom is 0.239 e. The zero-order valence-electron chi connectivity index (χ0n) is 11.2. The van der Waals surface area contributed by atoms with Crippen LogP contribution in [0.25, 0.3) is 0 Å². The molecule has 0 saturated heterocycles. The summed E-state index contributed by atoms with van der Waals surface area (Å²) in [6.07, 6.45) is 0.426. The Morgan fingerprint density at radius 1 is 0.938 bits per heavy atom. The average Bonchev–Trinajstić information content (AvgIpc) is 1.94. The topological polar surface area (TPSA) is 58.2 Å². The van der Waals surface area contributed by atoms with E-state index in [1.807, 2.05) is 41.5 Å². The van der Waals surface area contributed by atoms with Crippen molar-refractivity contribution >= 4 is 11.8 Å². The molecule has 94 valence electrons. The predicted molar refractivity (Wildman–Crippen MR) is 65.0 cm³/mol. The Labute approximate surface area is 98.2 Å². The highest BCUT2D eigenvalue weighted by atomic mass is 16.2. The fraction of sp³-hybridized carbons (Fsp3) is 0.833. The van der Waals surface area contributed by atoms with Crippen molar-refractivity contribution in [2.75, 3.05) is 6.54 Å². The van der Waals surface area contributed by atoms with Gasteiger partial charge >= 0.3 is 0 Å². The van der Waals surface area contributed by atoms with E-state index in [1.54, 1.807) is 0 Å². The maximum atomic E-state index is 11.4. The summed E-state index contributed by atoms with van der Waals surface area (Å²) in [6.45, 7) is 11.7. The van der Waals surface area contributed by atoms with Crippen LogP contribution in [0.3, 0.4) is 0 Å². The van der Waals surface area contributed by atoms with E-state index in [2.05, 4.69) is 10.6 Å². The largest absolute Gasteiger partial charge is 0.350 e. The molecule has 0 saturated carbocycles. The molecule has 0 fully saturated rings. The van der Waals surface area contributed by atoms with Crippen LogP contribution in [0.5, 0.6) is 0 Å². The Hall–Kier alpha value is -1.06. The van der Waals surface area contributed by atoms with Gasteiger partial charge in [0.25, 0.3) is 0 Å². The molecule has 0 bridgehead atoms. The molecule has 0 aromatic rings. The van der Waals surface area contributed by atoms with Crippen LogP contribution >= 0.6 is 0 Å². The van der Waals surface area contributed by atoms with E-state index in [4.69, 9.17) is 0 Å². The number of rotatable bonds is 3. The van der Waals surface area contributed by atoms with Crippen molar-refractivity contribution in [1.29, 1.82) is 0 Å². The van der Waals surface area contributed by atoms with Crippen molar-refractivity contribution in [2.45, 2.75) is 53.5 Å². The Morgan fingerprint density at radius 3 is 1.81 bits per heavy atom. The summed E-state index contributed by atoms with van der Waals surface area (Å²) >= 11 is 0. The smallest absolute Gasteiger partial charge is 0.239 e. The van der Waals surface area contributed by atoms with Gasteiger partial charge in [-0.05, 0) is 26.2 Å². The highest BCUT2D eigenvalue weighted by molar-refractivity contribution is 5.85. The van der Waals surface area contributed by atoms with Crippen LogP contribution < -0.4 is 10.6 Å². The van der Waals surface area contributed by atoms with Gasteiger partial charge in [0.1, 0.15) is 0 Å². The van der Waals surface area contributed by atoms with E-state index in [1.165, 1.54) is 0 Å². The second kappa shape index (κ2) is 5.32. The zero-order chi connectivity index (χ0) is 13.0. The predicted octanol–water partition coefficient (Wildman–Crippen LogP) is 1.45. The SMILES string of the molecule is CC(C)(C)CC(=O)NCC(=O)NC(C)(C)C. The van der Waals surface area contributed by atoms with Gasteiger partial charge in [0, 0.05) is 12.0 Å². The molecule has 0 aromatic carbocycles. The summed E-state index contributed by atoms with van der Waals surface area (Å²) in [4.78, 5) is 22.8. The number of nitrogens with one attached hydrogen (secondary N) is 2. The standard InChI is InChI=1S/C12H24N2O2/c1-11(2,3)7-9(15)13-8-10(16)14-12(4,5)6/h7-8H2,1-6H3,(H,13,15)(H,14,16). The van der Waals surface area contributed by atoms with Gasteiger partial charge in [0.05, 0.1) is 6.54 Å². The monoisotopic (exact) mass is 228 g/mol. The first kappa shape index (κ1) is 14.9. The summed E-state index contributed by atoms with van der Waals surface area (Å²) in [5.74, 6) is -0.244. The fourth-order valence-corrected chi connectivity index (χ4v) is 1.19. The Morgan fingerprint density at radius 2 is 1.44 bits per heavy atom.